The Hall–Kier alpha value is -2.46. The minimum absolute atomic E-state index is 0.0545. The first-order valence-corrected chi connectivity index (χ1v) is 9.17. The van der Waals surface area contributed by atoms with E-state index in [9.17, 15) is 19.7 Å². The topological polar surface area (TPSA) is 125 Å². The number of hydrogen-bond donors (Lipinski definition) is 2. The normalized spacial score (nSPS) is 11.5. The van der Waals surface area contributed by atoms with Crippen molar-refractivity contribution in [1.82, 2.24) is 5.32 Å². The Morgan fingerprint density at radius 3 is 2.37 bits per heavy atom. The van der Waals surface area contributed by atoms with E-state index in [1.54, 1.807) is 18.2 Å². The lowest BCUT2D eigenvalue weighted by Gasteiger charge is -2.17. The van der Waals surface area contributed by atoms with Crippen molar-refractivity contribution in [3.63, 3.8) is 0 Å². The Labute approximate surface area is 171 Å². The highest BCUT2D eigenvalue weighted by Crippen LogP contribution is 2.25. The van der Waals surface area contributed by atoms with Crippen LogP contribution in [-0.2, 0) is 11.2 Å². The third-order valence-electron chi connectivity index (χ3n) is 3.67. The summed E-state index contributed by atoms with van der Waals surface area (Å²) in [6, 6.07) is 7.87. The second kappa shape index (κ2) is 8.96. The van der Waals surface area contributed by atoms with E-state index in [2.05, 4.69) is 37.2 Å². The molecular weight excluding hydrogens is 486 g/mol. The van der Waals surface area contributed by atoms with E-state index in [0.29, 0.717) is 25.8 Å². The quantitative estimate of drug-likeness (QED) is 0.446. The Bertz CT molecular complexity index is 884. The van der Waals surface area contributed by atoms with Crippen molar-refractivity contribution in [3.05, 3.63) is 66.6 Å². The minimum atomic E-state index is -1.08. The third-order valence-corrected chi connectivity index (χ3v) is 4.59. The Morgan fingerprint density at radius 1 is 1.22 bits per heavy atom. The van der Waals surface area contributed by atoms with Crippen LogP contribution in [0.15, 0.2) is 45.3 Å². The van der Waals surface area contributed by atoms with Gasteiger partial charge in [-0.05, 0) is 24.3 Å². The van der Waals surface area contributed by atoms with Crippen LogP contribution in [0.3, 0.4) is 0 Å². The molecule has 0 saturated heterocycles. The highest BCUT2D eigenvalue weighted by Gasteiger charge is 2.23. The number of rotatable bonds is 7. The molecule has 2 amide bonds. The van der Waals surface area contributed by atoms with Gasteiger partial charge in [0.05, 0.1) is 12.0 Å². The molecular formula is C17H15Br2N3O5. The van der Waals surface area contributed by atoms with Crippen LogP contribution in [0, 0.1) is 10.1 Å². The number of nitrogens with two attached hydrogens (primary N) is 1. The molecule has 3 N–H and O–H groups in total. The fourth-order valence-electron chi connectivity index (χ4n) is 2.41. The van der Waals surface area contributed by atoms with E-state index in [4.69, 9.17) is 10.5 Å². The number of hydrogen-bond acceptors (Lipinski definition) is 5. The number of nitro groups is 1. The molecule has 0 unspecified atom stereocenters. The van der Waals surface area contributed by atoms with Crippen molar-refractivity contribution >= 4 is 49.4 Å². The maximum Gasteiger partial charge on any atom is 0.269 e. The molecule has 142 valence electrons. The number of nitrogens with one attached hydrogen (secondary N) is 1. The van der Waals surface area contributed by atoms with E-state index in [1.165, 1.54) is 25.3 Å². The number of nitro benzene ring substituents is 1. The highest BCUT2D eigenvalue weighted by atomic mass is 79.9. The van der Waals surface area contributed by atoms with Crippen LogP contribution in [0.1, 0.15) is 15.9 Å². The van der Waals surface area contributed by atoms with Gasteiger partial charge in [-0.25, -0.2) is 0 Å². The molecule has 1 atom stereocenters. The lowest BCUT2D eigenvalue weighted by Crippen LogP contribution is -2.45. The summed E-state index contributed by atoms with van der Waals surface area (Å²) < 4.78 is 6.54. The molecule has 0 aliphatic rings. The van der Waals surface area contributed by atoms with Crippen molar-refractivity contribution in [3.8, 4) is 5.75 Å². The van der Waals surface area contributed by atoms with E-state index >= 15 is 0 Å². The van der Waals surface area contributed by atoms with Crippen molar-refractivity contribution in [2.75, 3.05) is 7.11 Å². The second-order valence-corrected chi connectivity index (χ2v) is 7.38. The van der Waals surface area contributed by atoms with Crippen molar-refractivity contribution in [2.45, 2.75) is 12.5 Å². The van der Waals surface area contributed by atoms with Crippen LogP contribution in [0.4, 0.5) is 5.69 Å². The van der Waals surface area contributed by atoms with Gasteiger partial charge in [0.1, 0.15) is 11.8 Å². The van der Waals surface area contributed by atoms with Crippen LogP contribution in [0.25, 0.3) is 0 Å². The number of non-ortho nitro benzene ring substituents is 1. The van der Waals surface area contributed by atoms with Gasteiger partial charge in [-0.3, -0.25) is 19.7 Å². The summed E-state index contributed by atoms with van der Waals surface area (Å²) in [5.41, 5.74) is 5.95. The van der Waals surface area contributed by atoms with Crippen molar-refractivity contribution < 1.29 is 19.2 Å². The second-order valence-electron chi connectivity index (χ2n) is 5.54. The number of nitrogens with zero attached hydrogens (tertiary/aromatic N) is 1. The molecule has 0 bridgehead atoms. The summed E-state index contributed by atoms with van der Waals surface area (Å²) in [5.74, 6) is -0.928. The molecule has 8 nitrogen and oxygen atoms in total. The first-order chi connectivity index (χ1) is 12.7. The highest BCUT2D eigenvalue weighted by molar-refractivity contribution is 9.11. The monoisotopic (exact) mass is 499 g/mol. The molecule has 0 fully saturated rings. The molecule has 2 aromatic carbocycles. The van der Waals surface area contributed by atoms with Gasteiger partial charge in [0.15, 0.2) is 0 Å². The predicted molar refractivity (Wildman–Crippen MR) is 106 cm³/mol. The molecule has 0 saturated carbocycles. The Morgan fingerprint density at radius 2 is 1.85 bits per heavy atom. The molecule has 0 aliphatic carbocycles. The number of ether oxygens (including phenoxy) is 1. The molecule has 0 spiro atoms. The molecule has 10 heteroatoms. The van der Waals surface area contributed by atoms with E-state index in [1.807, 2.05) is 0 Å². The van der Waals surface area contributed by atoms with Gasteiger partial charge in [-0.2, -0.15) is 0 Å². The summed E-state index contributed by atoms with van der Waals surface area (Å²) in [7, 11) is 1.40. The van der Waals surface area contributed by atoms with Crippen molar-refractivity contribution in [2.24, 2.45) is 5.73 Å². The first kappa shape index (κ1) is 20.8. The molecule has 0 heterocycles. The van der Waals surface area contributed by atoms with Gasteiger partial charge in [0, 0.05) is 38.6 Å². The number of halogens is 2. The molecule has 0 radical (unpaired) electrons. The Balaban J connectivity index is 2.28. The lowest BCUT2D eigenvalue weighted by molar-refractivity contribution is -0.384. The SMILES string of the molecule is COc1ccc([N+](=O)[O-])cc1C[C@@H](NC(=O)c1cc(Br)cc(Br)c1)C(N)=O. The van der Waals surface area contributed by atoms with Crippen LogP contribution in [0.2, 0.25) is 0 Å². The number of primary amides is 1. The average Bonchev–Trinajstić information content (AvgIpc) is 2.59. The van der Waals surface area contributed by atoms with Crippen LogP contribution >= 0.6 is 31.9 Å². The van der Waals surface area contributed by atoms with Gasteiger partial charge in [0.25, 0.3) is 11.6 Å². The van der Waals surface area contributed by atoms with Gasteiger partial charge in [0.2, 0.25) is 5.91 Å². The minimum Gasteiger partial charge on any atom is -0.496 e. The molecule has 27 heavy (non-hydrogen) atoms. The first-order valence-electron chi connectivity index (χ1n) is 7.59. The summed E-state index contributed by atoms with van der Waals surface area (Å²) in [5, 5.41) is 13.5. The third kappa shape index (κ3) is 5.51. The van der Waals surface area contributed by atoms with Gasteiger partial charge < -0.3 is 15.8 Å². The maximum atomic E-state index is 12.5. The number of amides is 2. The van der Waals surface area contributed by atoms with Gasteiger partial charge >= 0.3 is 0 Å². The predicted octanol–water partition coefficient (Wildman–Crippen LogP) is 2.95. The van der Waals surface area contributed by atoms with Crippen LogP contribution in [-0.4, -0.2) is 29.9 Å². The zero-order valence-electron chi connectivity index (χ0n) is 14.1. The van der Waals surface area contributed by atoms with E-state index < -0.39 is 22.8 Å². The maximum absolute atomic E-state index is 12.5. The summed E-state index contributed by atoms with van der Waals surface area (Å²) in [4.78, 5) is 34.8. The van der Waals surface area contributed by atoms with Crippen molar-refractivity contribution in [1.29, 1.82) is 0 Å². The zero-order valence-corrected chi connectivity index (χ0v) is 17.2. The molecule has 0 aromatic heterocycles. The smallest absolute Gasteiger partial charge is 0.269 e. The van der Waals surface area contributed by atoms with E-state index in [0.717, 1.165) is 0 Å². The summed E-state index contributed by atoms with van der Waals surface area (Å²) in [6.07, 6.45) is -0.0545. The zero-order chi connectivity index (χ0) is 20.1. The fraction of sp³-hybridized carbons (Fsp3) is 0.176. The molecule has 0 aliphatic heterocycles. The Kier molecular flexibility index (Phi) is 6.92. The molecule has 2 aromatic rings. The average molecular weight is 501 g/mol. The lowest BCUT2D eigenvalue weighted by atomic mass is 10.0. The molecule has 2 rings (SSSR count). The summed E-state index contributed by atoms with van der Waals surface area (Å²) in [6.45, 7) is 0. The number of methoxy groups -OCH3 is 1. The van der Waals surface area contributed by atoms with Gasteiger partial charge in [-0.15, -0.1) is 0 Å². The van der Waals surface area contributed by atoms with Crippen LogP contribution in [0.5, 0.6) is 5.75 Å². The number of carbonyl (C=O) groups is 2. The largest absolute Gasteiger partial charge is 0.496 e. The van der Waals surface area contributed by atoms with Crippen LogP contribution < -0.4 is 15.8 Å². The van der Waals surface area contributed by atoms with E-state index in [-0.39, 0.29) is 12.1 Å². The standard InChI is InChI=1S/C17H15Br2N3O5/c1-27-15-3-2-13(22(25)26)6-9(15)7-14(16(20)23)21-17(24)10-4-11(18)8-12(19)5-10/h2-6,8,14H,7H2,1H3,(H2,20,23)(H,21,24)/t14-/m1/s1. The summed E-state index contributed by atoms with van der Waals surface area (Å²) >= 11 is 6.58. The van der Waals surface area contributed by atoms with Gasteiger partial charge in [-0.1, -0.05) is 31.9 Å². The fourth-order valence-corrected chi connectivity index (χ4v) is 3.70. The number of benzene rings is 2. The number of carbonyl (C=O) groups excluding carboxylic acids is 2.